The lowest BCUT2D eigenvalue weighted by molar-refractivity contribution is -0.139. The minimum atomic E-state index is -0.649. The van der Waals surface area contributed by atoms with Gasteiger partial charge in [-0.1, -0.05) is 18.2 Å². The summed E-state index contributed by atoms with van der Waals surface area (Å²) in [4.78, 5) is 32.5. The smallest absolute Gasteiger partial charge is 0.331 e. The minimum Gasteiger partial charge on any atom is -0.454 e. The van der Waals surface area contributed by atoms with E-state index in [1.54, 1.807) is 18.2 Å². The van der Waals surface area contributed by atoms with Gasteiger partial charge in [0.2, 0.25) is 0 Å². The van der Waals surface area contributed by atoms with Crippen molar-refractivity contribution >= 4 is 33.6 Å². The monoisotopic (exact) mass is 358 g/mol. The zero-order valence-electron chi connectivity index (χ0n) is 13.6. The summed E-state index contributed by atoms with van der Waals surface area (Å²) in [5, 5.41) is 0.567. The van der Waals surface area contributed by atoms with Gasteiger partial charge < -0.3 is 9.72 Å². The minimum absolute atomic E-state index is 0.165. The predicted octanol–water partition coefficient (Wildman–Crippen LogP) is 3.50. The van der Waals surface area contributed by atoms with Gasteiger partial charge in [0.1, 0.15) is 23.1 Å². The number of hydrogen-bond donors (Lipinski definition) is 1. The fourth-order valence-corrected chi connectivity index (χ4v) is 3.37. The Bertz CT molecular complexity index is 1040. The molecule has 0 radical (unpaired) electrons. The van der Waals surface area contributed by atoms with Gasteiger partial charge in [-0.25, -0.2) is 14.2 Å². The standard InChI is InChI=1S/C18H15FN2O3S/c1-10-11(2)25-18-16(10)17(23)20-14(21-18)9-24-15(22)8-7-12-5-3-4-6-13(12)19/h3-8H,9H2,1-2H3,(H,20,21,23)/b8-7+. The Balaban J connectivity index is 1.71. The third kappa shape index (κ3) is 3.66. The average molecular weight is 358 g/mol. The van der Waals surface area contributed by atoms with E-state index in [1.165, 1.54) is 23.5 Å². The van der Waals surface area contributed by atoms with Crippen LogP contribution in [0.2, 0.25) is 0 Å². The molecule has 128 valence electrons. The van der Waals surface area contributed by atoms with Crippen molar-refractivity contribution in [2.24, 2.45) is 0 Å². The number of rotatable bonds is 4. The maximum atomic E-state index is 13.5. The van der Waals surface area contributed by atoms with Crippen LogP contribution in [0, 0.1) is 19.7 Å². The van der Waals surface area contributed by atoms with Crippen LogP contribution in [0.3, 0.4) is 0 Å². The largest absolute Gasteiger partial charge is 0.454 e. The summed E-state index contributed by atoms with van der Waals surface area (Å²) in [5.41, 5.74) is 0.946. The van der Waals surface area contributed by atoms with Gasteiger partial charge in [0.25, 0.3) is 5.56 Å². The molecule has 1 N–H and O–H groups in total. The van der Waals surface area contributed by atoms with Crippen molar-refractivity contribution in [2.75, 3.05) is 0 Å². The molecule has 25 heavy (non-hydrogen) atoms. The number of thiophene rings is 1. The third-order valence-corrected chi connectivity index (χ3v) is 4.84. The van der Waals surface area contributed by atoms with E-state index in [0.29, 0.717) is 10.2 Å². The number of carbonyl (C=O) groups is 1. The Morgan fingerprint density at radius 1 is 1.36 bits per heavy atom. The van der Waals surface area contributed by atoms with Crippen LogP contribution in [0.15, 0.2) is 35.1 Å². The van der Waals surface area contributed by atoms with Gasteiger partial charge in [0.15, 0.2) is 0 Å². The number of nitrogens with one attached hydrogen (secondary N) is 1. The molecule has 1 aromatic carbocycles. The van der Waals surface area contributed by atoms with Crippen molar-refractivity contribution in [1.82, 2.24) is 9.97 Å². The molecule has 0 amide bonds. The molecule has 0 fully saturated rings. The van der Waals surface area contributed by atoms with E-state index in [9.17, 15) is 14.0 Å². The van der Waals surface area contributed by atoms with E-state index in [-0.39, 0.29) is 23.6 Å². The van der Waals surface area contributed by atoms with Crippen LogP contribution in [0.1, 0.15) is 21.8 Å². The summed E-state index contributed by atoms with van der Waals surface area (Å²) >= 11 is 1.42. The number of aromatic nitrogens is 2. The second kappa shape index (κ2) is 6.98. The van der Waals surface area contributed by atoms with E-state index in [1.807, 2.05) is 13.8 Å². The number of fused-ring (bicyclic) bond motifs is 1. The molecule has 3 aromatic rings. The summed E-state index contributed by atoms with van der Waals surface area (Å²) in [6.07, 6.45) is 2.47. The van der Waals surface area contributed by atoms with Crippen molar-refractivity contribution in [2.45, 2.75) is 20.5 Å². The van der Waals surface area contributed by atoms with Gasteiger partial charge in [0.05, 0.1) is 5.39 Å². The fraction of sp³-hybridized carbons (Fsp3) is 0.167. The fourth-order valence-electron chi connectivity index (χ4n) is 2.32. The lowest BCUT2D eigenvalue weighted by Gasteiger charge is -2.02. The Labute approximate surface area is 146 Å². The number of aryl methyl sites for hydroxylation is 2. The molecule has 0 aliphatic rings. The van der Waals surface area contributed by atoms with Crippen LogP contribution in [-0.2, 0) is 16.1 Å². The molecule has 5 nitrogen and oxygen atoms in total. The zero-order chi connectivity index (χ0) is 18.0. The molecule has 0 saturated heterocycles. The molecule has 0 unspecified atom stereocenters. The molecule has 3 rings (SSSR count). The number of esters is 1. The first-order valence-electron chi connectivity index (χ1n) is 7.54. The highest BCUT2D eigenvalue weighted by atomic mass is 32.1. The van der Waals surface area contributed by atoms with E-state index in [2.05, 4.69) is 9.97 Å². The summed E-state index contributed by atoms with van der Waals surface area (Å²) in [6, 6.07) is 6.09. The van der Waals surface area contributed by atoms with Crippen LogP contribution >= 0.6 is 11.3 Å². The highest BCUT2D eigenvalue weighted by Crippen LogP contribution is 2.25. The van der Waals surface area contributed by atoms with Gasteiger partial charge >= 0.3 is 5.97 Å². The van der Waals surface area contributed by atoms with Gasteiger partial charge in [-0.05, 0) is 31.6 Å². The number of carbonyl (C=O) groups excluding carboxylic acids is 1. The number of aromatic amines is 1. The molecule has 0 saturated carbocycles. The topological polar surface area (TPSA) is 72.0 Å². The molecule has 0 aliphatic heterocycles. The maximum absolute atomic E-state index is 13.5. The third-order valence-electron chi connectivity index (χ3n) is 3.74. The van der Waals surface area contributed by atoms with Crippen molar-refractivity contribution in [3.63, 3.8) is 0 Å². The number of hydrogen-bond acceptors (Lipinski definition) is 5. The Morgan fingerprint density at radius 2 is 2.12 bits per heavy atom. The lowest BCUT2D eigenvalue weighted by atomic mass is 10.2. The molecule has 7 heteroatoms. The summed E-state index contributed by atoms with van der Waals surface area (Å²) < 4.78 is 18.5. The van der Waals surface area contributed by atoms with Gasteiger partial charge in [0, 0.05) is 16.5 Å². The van der Waals surface area contributed by atoms with Gasteiger partial charge in [-0.2, -0.15) is 0 Å². The normalized spacial score (nSPS) is 11.3. The van der Waals surface area contributed by atoms with E-state index in [4.69, 9.17) is 4.74 Å². The first-order valence-corrected chi connectivity index (χ1v) is 8.35. The Hall–Kier alpha value is -2.80. The number of ether oxygens (including phenoxy) is 1. The summed E-state index contributed by atoms with van der Waals surface area (Å²) in [7, 11) is 0. The Kier molecular flexibility index (Phi) is 4.76. The van der Waals surface area contributed by atoms with E-state index >= 15 is 0 Å². The molecule has 0 bridgehead atoms. The van der Waals surface area contributed by atoms with Crippen LogP contribution in [0.4, 0.5) is 4.39 Å². The molecular formula is C18H15FN2O3S. The second-order valence-electron chi connectivity index (χ2n) is 5.44. The number of nitrogens with zero attached hydrogens (tertiary/aromatic N) is 1. The number of H-pyrrole nitrogens is 1. The molecule has 0 atom stereocenters. The maximum Gasteiger partial charge on any atom is 0.331 e. The second-order valence-corrected chi connectivity index (χ2v) is 6.64. The van der Waals surface area contributed by atoms with Gasteiger partial charge in [-0.15, -0.1) is 11.3 Å². The predicted molar refractivity (Wildman–Crippen MR) is 94.9 cm³/mol. The van der Waals surface area contributed by atoms with Crippen molar-refractivity contribution < 1.29 is 13.9 Å². The summed E-state index contributed by atoms with van der Waals surface area (Å²) in [6.45, 7) is 3.63. The van der Waals surface area contributed by atoms with Crippen LogP contribution in [-0.4, -0.2) is 15.9 Å². The first kappa shape index (κ1) is 17.0. The first-order chi connectivity index (χ1) is 12.0. The molecular weight excluding hydrogens is 343 g/mol. The van der Waals surface area contributed by atoms with Crippen molar-refractivity contribution in [3.8, 4) is 0 Å². The molecule has 2 heterocycles. The van der Waals surface area contributed by atoms with Crippen molar-refractivity contribution in [1.29, 1.82) is 0 Å². The highest BCUT2D eigenvalue weighted by molar-refractivity contribution is 7.18. The summed E-state index contributed by atoms with van der Waals surface area (Å²) in [5.74, 6) is -0.803. The number of halogens is 1. The van der Waals surface area contributed by atoms with Crippen molar-refractivity contribution in [3.05, 3.63) is 68.3 Å². The van der Waals surface area contributed by atoms with Gasteiger partial charge in [-0.3, -0.25) is 4.79 Å². The quantitative estimate of drug-likeness (QED) is 0.572. The molecule has 0 aliphatic carbocycles. The van der Waals surface area contributed by atoms with Crippen LogP contribution < -0.4 is 5.56 Å². The van der Waals surface area contributed by atoms with E-state index < -0.39 is 11.8 Å². The lowest BCUT2D eigenvalue weighted by Crippen LogP contribution is -2.13. The SMILES string of the molecule is Cc1sc2nc(COC(=O)/C=C/c3ccccc3F)[nH]c(=O)c2c1C. The number of benzene rings is 1. The molecule has 2 aromatic heterocycles. The Morgan fingerprint density at radius 3 is 2.88 bits per heavy atom. The van der Waals surface area contributed by atoms with Crippen LogP contribution in [0.25, 0.3) is 16.3 Å². The highest BCUT2D eigenvalue weighted by Gasteiger charge is 2.12. The van der Waals surface area contributed by atoms with E-state index in [0.717, 1.165) is 16.5 Å². The van der Waals surface area contributed by atoms with Crippen LogP contribution in [0.5, 0.6) is 0 Å². The molecule has 0 spiro atoms. The average Bonchev–Trinajstić information content (AvgIpc) is 2.87. The zero-order valence-corrected chi connectivity index (χ0v) is 14.4.